The molecule has 0 aromatic heterocycles. The lowest BCUT2D eigenvalue weighted by Crippen LogP contribution is -2.40. The van der Waals surface area contributed by atoms with Crippen LogP contribution in [0.5, 0.6) is 5.75 Å². The lowest BCUT2D eigenvalue weighted by atomic mass is 9.65. The molecule has 5 rings (SSSR count). The van der Waals surface area contributed by atoms with E-state index in [0.717, 1.165) is 50.0 Å². The fraction of sp³-hybridized carbons (Fsp3) is 0.435. The summed E-state index contributed by atoms with van der Waals surface area (Å²) >= 11 is 5.77. The summed E-state index contributed by atoms with van der Waals surface area (Å²) in [5.41, 5.74) is 0.916. The summed E-state index contributed by atoms with van der Waals surface area (Å²) in [5, 5.41) is 3.07. The third-order valence-electron chi connectivity index (χ3n) is 6.89. The van der Waals surface area contributed by atoms with Gasteiger partial charge in [0.25, 0.3) is 10.0 Å². The largest absolute Gasteiger partial charge is 0.488 e. The molecule has 1 saturated carbocycles. The van der Waals surface area contributed by atoms with Crippen LogP contribution in [0.4, 0.5) is 15.8 Å². The average molecular weight is 494 g/mol. The Hall–Kier alpha value is -2.36. The van der Waals surface area contributed by atoms with E-state index in [1.165, 1.54) is 6.07 Å². The minimum Gasteiger partial charge on any atom is -0.488 e. The van der Waals surface area contributed by atoms with E-state index in [1.807, 2.05) is 0 Å². The maximum Gasteiger partial charge on any atom is 0.264 e. The number of nitrogens with one attached hydrogen (secondary N) is 2. The van der Waals surface area contributed by atoms with Crippen molar-refractivity contribution in [2.45, 2.75) is 48.5 Å². The smallest absolute Gasteiger partial charge is 0.264 e. The fourth-order valence-electron chi connectivity index (χ4n) is 4.84. The zero-order valence-corrected chi connectivity index (χ0v) is 19.7. The number of hydrogen-bond donors (Lipinski definition) is 2. The van der Waals surface area contributed by atoms with Crippen LogP contribution in [0.1, 0.15) is 37.7 Å². The normalized spacial score (nSPS) is 20.3. The molecule has 3 aliphatic rings. The quantitative estimate of drug-likeness (QED) is 0.654. The summed E-state index contributed by atoms with van der Waals surface area (Å²) in [5.74, 6) is -0.583. The van der Waals surface area contributed by atoms with Crippen LogP contribution in [-0.4, -0.2) is 45.5 Å². The molecule has 2 heterocycles. The highest BCUT2D eigenvalue weighted by Crippen LogP contribution is 2.54. The first-order chi connectivity index (χ1) is 15.7. The van der Waals surface area contributed by atoms with Crippen molar-refractivity contribution in [3.05, 3.63) is 46.7 Å². The summed E-state index contributed by atoms with van der Waals surface area (Å²) in [6.45, 7) is 1.79. The number of halogens is 2. The summed E-state index contributed by atoms with van der Waals surface area (Å²) < 4.78 is 49.0. The number of carbonyl (C=O) groups is 1. The van der Waals surface area contributed by atoms with E-state index in [4.69, 9.17) is 16.3 Å². The van der Waals surface area contributed by atoms with E-state index in [2.05, 4.69) is 22.0 Å². The Kier molecular flexibility index (Phi) is 5.54. The van der Waals surface area contributed by atoms with Gasteiger partial charge in [-0.2, -0.15) is 0 Å². The second-order valence-corrected chi connectivity index (χ2v) is 11.2. The monoisotopic (exact) mass is 493 g/mol. The van der Waals surface area contributed by atoms with E-state index >= 15 is 0 Å². The number of hydrogen-bond acceptors (Lipinski definition) is 5. The zero-order chi connectivity index (χ0) is 23.4. The number of benzene rings is 2. The molecule has 0 radical (unpaired) electrons. The Morgan fingerprint density at radius 3 is 2.58 bits per heavy atom. The number of fused-ring (bicyclic) bond motifs is 2. The van der Waals surface area contributed by atoms with Gasteiger partial charge in [0, 0.05) is 24.2 Å². The molecule has 0 bridgehead atoms. The molecule has 7 nitrogen and oxygen atoms in total. The van der Waals surface area contributed by atoms with Gasteiger partial charge in [-0.1, -0.05) is 18.0 Å². The number of anilines is 2. The number of likely N-dealkylation sites (tertiary alicyclic amines) is 1. The third kappa shape index (κ3) is 3.96. The number of rotatable bonds is 5. The van der Waals surface area contributed by atoms with Crippen molar-refractivity contribution in [2.24, 2.45) is 0 Å². The first kappa shape index (κ1) is 22.4. The van der Waals surface area contributed by atoms with Crippen molar-refractivity contribution < 1.29 is 22.3 Å². The summed E-state index contributed by atoms with van der Waals surface area (Å²) in [7, 11) is -2.17. The van der Waals surface area contributed by atoms with Crippen LogP contribution in [0.3, 0.4) is 0 Å². The molecular formula is C23H25ClFN3O4S. The standard InChI is InChI=1S/C23H25ClFN3O4S/c1-28-9-5-16(6-10-28)32-19-13-15(12-17-21(19)26-22(29)23(17)7-2-8-23)27-33(30,31)20-4-3-14(24)11-18(20)25/h3-4,11-13,16,27H,2,5-10H2,1H3,(H,26,29). The minimum absolute atomic E-state index is 0.0410. The van der Waals surface area contributed by atoms with Gasteiger partial charge < -0.3 is 15.0 Å². The molecule has 1 amide bonds. The number of amides is 1. The van der Waals surface area contributed by atoms with E-state index in [0.29, 0.717) is 24.3 Å². The van der Waals surface area contributed by atoms with Gasteiger partial charge in [-0.25, -0.2) is 12.8 Å². The molecule has 10 heteroatoms. The van der Waals surface area contributed by atoms with Crippen LogP contribution in [0.25, 0.3) is 0 Å². The second kappa shape index (κ2) is 8.14. The van der Waals surface area contributed by atoms with Crippen LogP contribution in [-0.2, 0) is 20.2 Å². The van der Waals surface area contributed by atoms with Gasteiger partial charge in [-0.05, 0) is 62.6 Å². The Morgan fingerprint density at radius 1 is 1.21 bits per heavy atom. The SMILES string of the molecule is CN1CCC(Oc2cc(NS(=O)(=O)c3ccc(Cl)cc3F)cc3c2NC(=O)C32CCC2)CC1. The van der Waals surface area contributed by atoms with Crippen molar-refractivity contribution in [3.8, 4) is 5.75 Å². The first-order valence-electron chi connectivity index (χ1n) is 11.0. The maximum atomic E-state index is 14.3. The number of sulfonamides is 1. The molecule has 2 aromatic rings. The van der Waals surface area contributed by atoms with E-state index in [9.17, 15) is 17.6 Å². The van der Waals surface area contributed by atoms with Crippen molar-refractivity contribution in [3.63, 3.8) is 0 Å². The molecule has 2 aromatic carbocycles. The predicted molar refractivity (Wildman–Crippen MR) is 124 cm³/mol. The summed E-state index contributed by atoms with van der Waals surface area (Å²) in [4.78, 5) is 14.6. The average Bonchev–Trinajstić information content (AvgIpc) is 3.01. The van der Waals surface area contributed by atoms with Crippen LogP contribution < -0.4 is 14.8 Å². The Balaban J connectivity index is 1.52. The van der Waals surface area contributed by atoms with Crippen molar-refractivity contribution >= 4 is 38.9 Å². The molecular weight excluding hydrogens is 469 g/mol. The molecule has 33 heavy (non-hydrogen) atoms. The van der Waals surface area contributed by atoms with Gasteiger partial charge in [0.15, 0.2) is 0 Å². The highest BCUT2D eigenvalue weighted by atomic mass is 35.5. The molecule has 176 valence electrons. The van der Waals surface area contributed by atoms with Gasteiger partial charge in [0.1, 0.15) is 22.6 Å². The molecule has 1 aliphatic carbocycles. The fourth-order valence-corrected chi connectivity index (χ4v) is 6.10. The van der Waals surface area contributed by atoms with E-state index < -0.39 is 26.2 Å². The maximum absolute atomic E-state index is 14.3. The number of nitrogens with zero attached hydrogens (tertiary/aromatic N) is 1. The molecule has 1 spiro atoms. The van der Waals surface area contributed by atoms with Gasteiger partial charge in [0.2, 0.25) is 5.91 Å². The van der Waals surface area contributed by atoms with Crippen LogP contribution in [0.15, 0.2) is 35.2 Å². The topological polar surface area (TPSA) is 87.7 Å². The van der Waals surface area contributed by atoms with Crippen LogP contribution >= 0.6 is 11.6 Å². The minimum atomic E-state index is -4.23. The summed E-state index contributed by atoms with van der Waals surface area (Å²) in [6.07, 6.45) is 3.93. The van der Waals surface area contributed by atoms with Crippen LogP contribution in [0.2, 0.25) is 5.02 Å². The lowest BCUT2D eigenvalue weighted by molar-refractivity contribution is -0.123. The molecule has 2 fully saturated rings. The highest BCUT2D eigenvalue weighted by molar-refractivity contribution is 7.92. The predicted octanol–water partition coefficient (Wildman–Crippen LogP) is 4.13. The van der Waals surface area contributed by atoms with Crippen molar-refractivity contribution in [1.82, 2.24) is 4.90 Å². The van der Waals surface area contributed by atoms with Gasteiger partial charge >= 0.3 is 0 Å². The second-order valence-electron chi connectivity index (χ2n) is 9.09. The zero-order valence-electron chi connectivity index (χ0n) is 18.2. The molecule has 2 aliphatic heterocycles. The van der Waals surface area contributed by atoms with Crippen molar-refractivity contribution in [2.75, 3.05) is 30.2 Å². The number of ether oxygens (including phenoxy) is 1. The van der Waals surface area contributed by atoms with Gasteiger partial charge in [-0.3, -0.25) is 9.52 Å². The Bertz CT molecular complexity index is 1220. The summed E-state index contributed by atoms with van der Waals surface area (Å²) in [6, 6.07) is 6.64. The lowest BCUT2D eigenvalue weighted by Gasteiger charge is -2.36. The molecule has 0 atom stereocenters. The number of carbonyl (C=O) groups excluding carboxylic acids is 1. The van der Waals surface area contributed by atoms with Gasteiger partial charge in [0.05, 0.1) is 16.8 Å². The first-order valence-corrected chi connectivity index (χ1v) is 12.9. The van der Waals surface area contributed by atoms with Crippen LogP contribution in [0, 0.1) is 5.82 Å². The molecule has 1 saturated heterocycles. The van der Waals surface area contributed by atoms with Gasteiger partial charge in [-0.15, -0.1) is 0 Å². The molecule has 0 unspecified atom stereocenters. The Labute approximate surface area is 197 Å². The highest BCUT2D eigenvalue weighted by Gasteiger charge is 2.52. The Morgan fingerprint density at radius 2 is 1.94 bits per heavy atom. The number of piperidine rings is 1. The van der Waals surface area contributed by atoms with E-state index in [1.54, 1.807) is 12.1 Å². The van der Waals surface area contributed by atoms with Crippen molar-refractivity contribution in [1.29, 1.82) is 0 Å². The molecule has 2 N–H and O–H groups in total. The van der Waals surface area contributed by atoms with E-state index in [-0.39, 0.29) is 22.7 Å². The third-order valence-corrected chi connectivity index (χ3v) is 8.54.